The Bertz CT molecular complexity index is 732. The third-order valence-electron chi connectivity index (χ3n) is 4.76. The summed E-state index contributed by atoms with van der Waals surface area (Å²) in [6.07, 6.45) is 1.04. The van der Waals surface area contributed by atoms with Crippen LogP contribution in [-0.4, -0.2) is 18.5 Å². The predicted molar refractivity (Wildman–Crippen MR) is 98.9 cm³/mol. The van der Waals surface area contributed by atoms with Crippen LogP contribution in [0.5, 0.6) is 0 Å². The molecule has 1 heterocycles. The first kappa shape index (κ1) is 17.4. The average molecular weight is 341 g/mol. The van der Waals surface area contributed by atoms with Gasteiger partial charge in [-0.15, -0.1) is 0 Å². The fourth-order valence-corrected chi connectivity index (χ4v) is 3.37. The minimum absolute atomic E-state index is 0.0625. The number of ketones is 1. The lowest BCUT2D eigenvalue weighted by molar-refractivity contribution is -0.123. The quantitative estimate of drug-likeness (QED) is 0.809. The highest BCUT2D eigenvalue weighted by Crippen LogP contribution is 2.36. The van der Waals surface area contributed by atoms with Crippen LogP contribution in [0.3, 0.4) is 0 Å². The van der Waals surface area contributed by atoms with Gasteiger partial charge in [-0.05, 0) is 49.2 Å². The van der Waals surface area contributed by atoms with E-state index in [0.717, 1.165) is 23.4 Å². The highest BCUT2D eigenvalue weighted by molar-refractivity contribution is 5.96. The van der Waals surface area contributed by atoms with Gasteiger partial charge in [0.05, 0.1) is 11.4 Å². The number of Topliss-reactive ketones (excluding diaryl/α,β-unsaturated/α-hetero) is 1. The van der Waals surface area contributed by atoms with Crippen LogP contribution in [0.4, 0.5) is 15.8 Å². The largest absolute Gasteiger partial charge is 0.357 e. The maximum Gasteiger partial charge on any atom is 0.178 e. The van der Waals surface area contributed by atoms with Gasteiger partial charge in [0.15, 0.2) is 11.9 Å². The van der Waals surface area contributed by atoms with Gasteiger partial charge in [0.1, 0.15) is 5.82 Å². The second-order valence-electron chi connectivity index (χ2n) is 6.40. The molecular formula is C20H24FN3O. The number of hydrogen-bond acceptors (Lipinski definition) is 4. The normalized spacial score (nSPS) is 17.1. The number of nitrogens with zero attached hydrogens (tertiary/aromatic N) is 1. The molecule has 132 valence electrons. The van der Waals surface area contributed by atoms with Gasteiger partial charge in [0.2, 0.25) is 0 Å². The summed E-state index contributed by atoms with van der Waals surface area (Å²) in [6, 6.07) is 14.3. The lowest BCUT2D eigenvalue weighted by atomic mass is 9.95. The van der Waals surface area contributed by atoms with Gasteiger partial charge in [0, 0.05) is 12.5 Å². The zero-order valence-electron chi connectivity index (χ0n) is 14.4. The third-order valence-corrected chi connectivity index (χ3v) is 4.76. The van der Waals surface area contributed by atoms with Crippen LogP contribution in [0.2, 0.25) is 0 Å². The highest BCUT2D eigenvalue weighted by Gasteiger charge is 2.36. The number of nitrogens with one attached hydrogen (secondary N) is 1. The monoisotopic (exact) mass is 341 g/mol. The van der Waals surface area contributed by atoms with Crippen LogP contribution >= 0.6 is 0 Å². The molecule has 2 atom stereocenters. The Balaban J connectivity index is 1.89. The molecule has 0 amide bonds. The molecule has 0 saturated heterocycles. The number of hydrogen-bond donors (Lipinski definition) is 2. The molecule has 0 saturated carbocycles. The molecule has 0 spiro atoms. The molecule has 2 aromatic carbocycles. The van der Waals surface area contributed by atoms with Gasteiger partial charge in [-0.2, -0.15) is 0 Å². The molecule has 1 aliphatic heterocycles. The van der Waals surface area contributed by atoms with Crippen molar-refractivity contribution < 1.29 is 9.18 Å². The summed E-state index contributed by atoms with van der Waals surface area (Å²) < 4.78 is 13.2. The van der Waals surface area contributed by atoms with Crippen LogP contribution in [-0.2, 0) is 11.3 Å². The van der Waals surface area contributed by atoms with E-state index in [1.807, 2.05) is 31.2 Å². The molecule has 0 aliphatic carbocycles. The van der Waals surface area contributed by atoms with E-state index in [1.165, 1.54) is 12.1 Å². The maximum absolute atomic E-state index is 13.2. The first-order chi connectivity index (χ1) is 12.1. The Morgan fingerprint density at radius 3 is 2.64 bits per heavy atom. The molecular weight excluding hydrogens is 317 g/mol. The van der Waals surface area contributed by atoms with Crippen molar-refractivity contribution >= 4 is 17.2 Å². The Morgan fingerprint density at radius 1 is 1.24 bits per heavy atom. The molecule has 3 N–H and O–H groups in total. The molecule has 1 aliphatic rings. The molecule has 2 aromatic rings. The lowest BCUT2D eigenvalue weighted by Gasteiger charge is -2.28. The molecule has 5 heteroatoms. The van der Waals surface area contributed by atoms with Gasteiger partial charge < -0.3 is 16.0 Å². The van der Waals surface area contributed by atoms with E-state index >= 15 is 0 Å². The lowest BCUT2D eigenvalue weighted by Crippen LogP contribution is -2.45. The third kappa shape index (κ3) is 3.66. The number of carbonyl (C=O) groups is 1. The van der Waals surface area contributed by atoms with E-state index in [1.54, 1.807) is 12.1 Å². The van der Waals surface area contributed by atoms with Crippen molar-refractivity contribution in [2.45, 2.75) is 32.5 Å². The zero-order valence-corrected chi connectivity index (χ0v) is 14.4. The molecule has 0 bridgehead atoms. The van der Waals surface area contributed by atoms with Gasteiger partial charge in [-0.25, -0.2) is 4.39 Å². The van der Waals surface area contributed by atoms with Crippen LogP contribution in [0.25, 0.3) is 0 Å². The van der Waals surface area contributed by atoms with Gasteiger partial charge >= 0.3 is 0 Å². The second-order valence-corrected chi connectivity index (χ2v) is 6.40. The van der Waals surface area contributed by atoms with Gasteiger partial charge in [-0.3, -0.25) is 4.79 Å². The zero-order chi connectivity index (χ0) is 17.8. The van der Waals surface area contributed by atoms with Crippen molar-refractivity contribution in [1.82, 2.24) is 0 Å². The van der Waals surface area contributed by atoms with E-state index in [4.69, 9.17) is 5.73 Å². The molecule has 0 aromatic heterocycles. The molecule has 0 radical (unpaired) electrons. The van der Waals surface area contributed by atoms with E-state index < -0.39 is 6.17 Å². The second kappa shape index (κ2) is 7.66. The Hall–Kier alpha value is -2.40. The summed E-state index contributed by atoms with van der Waals surface area (Å²) in [5, 5.41) is 3.35. The molecule has 0 fully saturated rings. The number of benzene rings is 2. The SMILES string of the molecule is CCC(CCN)C(=O)C1Nc2ccccc2N1Cc1ccc(F)cc1. The summed E-state index contributed by atoms with van der Waals surface area (Å²) in [7, 11) is 0. The molecule has 3 rings (SSSR count). The van der Waals surface area contributed by atoms with E-state index in [9.17, 15) is 9.18 Å². The van der Waals surface area contributed by atoms with E-state index in [-0.39, 0.29) is 17.5 Å². The Labute approximate surface area is 147 Å². The van der Waals surface area contributed by atoms with Crippen LogP contribution in [0.15, 0.2) is 48.5 Å². The number of fused-ring (bicyclic) bond motifs is 1. The summed E-state index contributed by atoms with van der Waals surface area (Å²) in [4.78, 5) is 15.1. The summed E-state index contributed by atoms with van der Waals surface area (Å²) in [6.45, 7) is 3.06. The van der Waals surface area contributed by atoms with Crippen molar-refractivity contribution in [3.63, 3.8) is 0 Å². The number of rotatable bonds is 7. The number of anilines is 2. The van der Waals surface area contributed by atoms with Crippen LogP contribution in [0.1, 0.15) is 25.3 Å². The smallest absolute Gasteiger partial charge is 0.178 e. The summed E-state index contributed by atoms with van der Waals surface area (Å²) >= 11 is 0. The number of carbonyl (C=O) groups excluding carboxylic acids is 1. The standard InChI is InChI=1S/C20H24FN3O/c1-2-15(11-12-22)19(25)20-23-17-5-3-4-6-18(17)24(20)13-14-7-9-16(21)10-8-14/h3-10,15,20,23H,2,11-13,22H2,1H3. The van der Waals surface area contributed by atoms with Crippen LogP contribution < -0.4 is 16.0 Å². The minimum Gasteiger partial charge on any atom is -0.357 e. The van der Waals surface area contributed by atoms with Gasteiger partial charge in [-0.1, -0.05) is 31.2 Å². The van der Waals surface area contributed by atoms with E-state index in [0.29, 0.717) is 19.5 Å². The minimum atomic E-state index is -0.418. The van der Waals surface area contributed by atoms with Crippen molar-refractivity contribution in [2.24, 2.45) is 11.7 Å². The highest BCUT2D eigenvalue weighted by atomic mass is 19.1. The van der Waals surface area contributed by atoms with Crippen molar-refractivity contribution in [3.8, 4) is 0 Å². The first-order valence-electron chi connectivity index (χ1n) is 8.74. The molecule has 4 nitrogen and oxygen atoms in total. The molecule has 2 unspecified atom stereocenters. The topological polar surface area (TPSA) is 58.4 Å². The number of nitrogens with two attached hydrogens (primary N) is 1. The fourth-order valence-electron chi connectivity index (χ4n) is 3.37. The van der Waals surface area contributed by atoms with Crippen molar-refractivity contribution in [2.75, 3.05) is 16.8 Å². The summed E-state index contributed by atoms with van der Waals surface area (Å²) in [5.41, 5.74) is 8.58. The van der Waals surface area contributed by atoms with Crippen LogP contribution in [0, 0.1) is 11.7 Å². The fraction of sp³-hybridized carbons (Fsp3) is 0.350. The van der Waals surface area contributed by atoms with E-state index in [2.05, 4.69) is 10.2 Å². The Kier molecular flexibility index (Phi) is 5.34. The predicted octanol–water partition coefficient (Wildman–Crippen LogP) is 3.53. The van der Waals surface area contributed by atoms with Crippen molar-refractivity contribution in [3.05, 3.63) is 59.9 Å². The van der Waals surface area contributed by atoms with Gasteiger partial charge in [0.25, 0.3) is 0 Å². The Morgan fingerprint density at radius 2 is 1.96 bits per heavy atom. The average Bonchev–Trinajstić information content (AvgIpc) is 2.99. The number of halogens is 1. The first-order valence-corrected chi connectivity index (χ1v) is 8.74. The number of para-hydroxylation sites is 2. The van der Waals surface area contributed by atoms with Crippen molar-refractivity contribution in [1.29, 1.82) is 0 Å². The summed E-state index contributed by atoms with van der Waals surface area (Å²) in [5.74, 6) is -0.163. The molecule has 25 heavy (non-hydrogen) atoms. The maximum atomic E-state index is 13.2.